The number of imide groups is 1. The lowest BCUT2D eigenvalue weighted by Crippen LogP contribution is -2.36. The number of carbonyl (C=O) groups excluding carboxylic acids is 3. The van der Waals surface area contributed by atoms with Crippen LogP contribution in [0.1, 0.15) is 16.1 Å². The maximum atomic E-state index is 13.1. The first-order chi connectivity index (χ1) is 15.3. The molecule has 0 saturated carbocycles. The summed E-state index contributed by atoms with van der Waals surface area (Å²) in [6, 6.07) is 13.1. The largest absolute Gasteiger partial charge is 0.416 e. The van der Waals surface area contributed by atoms with Crippen LogP contribution in [0, 0.1) is 5.92 Å². The second-order valence-corrected chi connectivity index (χ2v) is 7.36. The van der Waals surface area contributed by atoms with E-state index >= 15 is 0 Å². The van der Waals surface area contributed by atoms with Gasteiger partial charge in [-0.05, 0) is 30.3 Å². The molecule has 1 aromatic heterocycles. The zero-order valence-electron chi connectivity index (χ0n) is 16.1. The first-order valence-electron chi connectivity index (χ1n) is 9.54. The molecule has 1 saturated heterocycles. The molecular weight excluding hydrogens is 425 g/mol. The fourth-order valence-electron chi connectivity index (χ4n) is 3.88. The Morgan fingerprint density at radius 1 is 0.969 bits per heavy atom. The maximum absolute atomic E-state index is 13.1. The minimum Gasteiger partial charge on any atom is -0.296 e. The predicted molar refractivity (Wildman–Crippen MR) is 108 cm³/mol. The Balaban J connectivity index is 1.47. The number of anilines is 1. The Labute approximate surface area is 178 Å². The molecule has 5 rings (SSSR count). The van der Waals surface area contributed by atoms with E-state index in [0.29, 0.717) is 10.4 Å². The smallest absolute Gasteiger partial charge is 0.296 e. The minimum atomic E-state index is -4.64. The third-order valence-electron chi connectivity index (χ3n) is 5.42. The van der Waals surface area contributed by atoms with Gasteiger partial charge >= 0.3 is 6.18 Å². The van der Waals surface area contributed by atoms with Crippen molar-refractivity contribution >= 4 is 39.9 Å². The zero-order valence-corrected chi connectivity index (χ0v) is 16.1. The van der Waals surface area contributed by atoms with E-state index in [1.165, 1.54) is 12.1 Å². The quantitative estimate of drug-likeness (QED) is 0.502. The molecule has 0 unspecified atom stereocenters. The number of hydrazone groups is 1. The number of para-hydroxylation sites is 1. The van der Waals surface area contributed by atoms with Crippen molar-refractivity contribution in [3.8, 4) is 0 Å². The number of alkyl halides is 3. The molecule has 0 radical (unpaired) electrons. The first-order valence-corrected chi connectivity index (χ1v) is 9.54. The molecule has 1 fully saturated rings. The SMILES string of the molecule is O=C(C1=NN[C@H]2C(=O)N(c3cccc(C(F)(F)F)c3)C(=O)[C@@H]12)c1ccc2ccccc2n1. The summed E-state index contributed by atoms with van der Waals surface area (Å²) in [5.74, 6) is -3.49. The molecule has 2 atom stereocenters. The van der Waals surface area contributed by atoms with E-state index < -0.39 is 41.3 Å². The summed E-state index contributed by atoms with van der Waals surface area (Å²) in [5, 5.41) is 4.71. The van der Waals surface area contributed by atoms with Crippen molar-refractivity contribution < 1.29 is 27.6 Å². The van der Waals surface area contributed by atoms with Crippen LogP contribution >= 0.6 is 0 Å². The van der Waals surface area contributed by atoms with Crippen molar-refractivity contribution in [3.63, 3.8) is 0 Å². The summed E-state index contributed by atoms with van der Waals surface area (Å²) in [6.07, 6.45) is -4.64. The third-order valence-corrected chi connectivity index (χ3v) is 5.42. The van der Waals surface area contributed by atoms with Crippen LogP contribution in [0.15, 0.2) is 65.8 Å². The Morgan fingerprint density at radius 3 is 2.53 bits per heavy atom. The zero-order chi connectivity index (χ0) is 22.6. The molecule has 10 heteroatoms. The fourth-order valence-corrected chi connectivity index (χ4v) is 3.88. The van der Waals surface area contributed by atoms with E-state index in [4.69, 9.17) is 0 Å². The number of rotatable bonds is 3. The lowest BCUT2D eigenvalue weighted by Gasteiger charge is -2.17. The summed E-state index contributed by atoms with van der Waals surface area (Å²) in [4.78, 5) is 43.9. The molecule has 0 bridgehead atoms. The van der Waals surface area contributed by atoms with Gasteiger partial charge < -0.3 is 0 Å². The third kappa shape index (κ3) is 3.03. The molecule has 2 amide bonds. The number of nitrogens with one attached hydrogen (secondary N) is 1. The standard InChI is InChI=1S/C22H13F3N4O3/c23-22(24,25)12-5-3-6-13(10-12)29-20(31)16-17(27-28-18(16)21(29)32)19(30)15-9-8-11-4-1-2-7-14(11)26-15/h1-10,16,18,28H/t16-,18+/m0/s1. The molecular formula is C22H13F3N4O3. The first kappa shape index (κ1) is 19.9. The molecule has 0 aliphatic carbocycles. The number of hydrogen-bond acceptors (Lipinski definition) is 6. The predicted octanol–water partition coefficient (Wildman–Crippen LogP) is 2.95. The second-order valence-electron chi connectivity index (χ2n) is 7.36. The van der Waals surface area contributed by atoms with Crippen molar-refractivity contribution in [2.24, 2.45) is 11.0 Å². The topological polar surface area (TPSA) is 91.7 Å². The molecule has 2 aromatic carbocycles. The highest BCUT2D eigenvalue weighted by molar-refractivity contribution is 6.52. The molecule has 2 aliphatic heterocycles. The van der Waals surface area contributed by atoms with Crippen LogP contribution in [-0.4, -0.2) is 34.3 Å². The number of fused-ring (bicyclic) bond motifs is 2. The van der Waals surface area contributed by atoms with E-state index in [2.05, 4.69) is 15.5 Å². The van der Waals surface area contributed by atoms with Gasteiger partial charge in [0.2, 0.25) is 11.7 Å². The Morgan fingerprint density at radius 2 is 1.75 bits per heavy atom. The number of amides is 2. The lowest BCUT2D eigenvalue weighted by atomic mass is 9.94. The Bertz CT molecular complexity index is 1340. The van der Waals surface area contributed by atoms with E-state index in [0.717, 1.165) is 23.6 Å². The highest BCUT2D eigenvalue weighted by Crippen LogP contribution is 2.35. The molecule has 160 valence electrons. The summed E-state index contributed by atoms with van der Waals surface area (Å²) >= 11 is 0. The van der Waals surface area contributed by atoms with Crippen LogP contribution in [0.5, 0.6) is 0 Å². The van der Waals surface area contributed by atoms with Gasteiger partial charge in [0, 0.05) is 5.39 Å². The highest BCUT2D eigenvalue weighted by atomic mass is 19.4. The number of ketones is 1. The van der Waals surface area contributed by atoms with Gasteiger partial charge in [-0.3, -0.25) is 19.8 Å². The average Bonchev–Trinajstić information content (AvgIpc) is 3.32. The molecule has 3 heterocycles. The maximum Gasteiger partial charge on any atom is 0.416 e. The van der Waals surface area contributed by atoms with E-state index in [1.54, 1.807) is 18.2 Å². The highest BCUT2D eigenvalue weighted by Gasteiger charge is 2.55. The molecule has 2 aliphatic rings. The van der Waals surface area contributed by atoms with Crippen LogP contribution in [0.2, 0.25) is 0 Å². The molecule has 1 N–H and O–H groups in total. The number of hydrogen-bond donors (Lipinski definition) is 1. The lowest BCUT2D eigenvalue weighted by molar-refractivity contribution is -0.137. The van der Waals surface area contributed by atoms with Gasteiger partial charge in [-0.15, -0.1) is 0 Å². The number of Topliss-reactive ketones (excluding diaryl/α,β-unsaturated/α-hetero) is 1. The van der Waals surface area contributed by atoms with Crippen LogP contribution < -0.4 is 10.3 Å². The van der Waals surface area contributed by atoms with E-state index in [9.17, 15) is 27.6 Å². The van der Waals surface area contributed by atoms with Gasteiger partial charge in [0.05, 0.1) is 16.8 Å². The van der Waals surface area contributed by atoms with Crippen molar-refractivity contribution in [2.45, 2.75) is 12.2 Å². The van der Waals surface area contributed by atoms with Crippen LogP contribution in [0.4, 0.5) is 18.9 Å². The number of benzene rings is 2. The van der Waals surface area contributed by atoms with E-state index in [-0.39, 0.29) is 17.1 Å². The van der Waals surface area contributed by atoms with Gasteiger partial charge in [0.15, 0.2) is 0 Å². The number of halogens is 3. The summed E-state index contributed by atoms with van der Waals surface area (Å²) in [5.41, 5.74) is 1.68. The number of carbonyl (C=O) groups is 3. The van der Waals surface area contributed by atoms with E-state index in [1.807, 2.05) is 12.1 Å². The van der Waals surface area contributed by atoms with Gasteiger partial charge in [0.1, 0.15) is 23.4 Å². The van der Waals surface area contributed by atoms with Gasteiger partial charge in [-0.25, -0.2) is 9.88 Å². The fraction of sp³-hybridized carbons (Fsp3) is 0.136. The number of pyridine rings is 1. The Hall–Kier alpha value is -4.08. The molecule has 0 spiro atoms. The minimum absolute atomic E-state index is 0.0441. The van der Waals surface area contributed by atoms with Crippen molar-refractivity contribution in [1.29, 1.82) is 0 Å². The van der Waals surface area contributed by atoms with Crippen LogP contribution in [0.25, 0.3) is 10.9 Å². The molecule has 7 nitrogen and oxygen atoms in total. The van der Waals surface area contributed by atoms with Crippen molar-refractivity contribution in [2.75, 3.05) is 4.90 Å². The molecule has 32 heavy (non-hydrogen) atoms. The molecule has 3 aromatic rings. The van der Waals surface area contributed by atoms with Gasteiger partial charge in [-0.2, -0.15) is 18.3 Å². The van der Waals surface area contributed by atoms with Crippen molar-refractivity contribution in [3.05, 3.63) is 71.9 Å². The van der Waals surface area contributed by atoms with Crippen LogP contribution in [0.3, 0.4) is 0 Å². The van der Waals surface area contributed by atoms with Crippen LogP contribution in [-0.2, 0) is 15.8 Å². The number of aromatic nitrogens is 1. The van der Waals surface area contributed by atoms with Gasteiger partial charge in [-0.1, -0.05) is 30.3 Å². The summed E-state index contributed by atoms with van der Waals surface area (Å²) < 4.78 is 39.2. The summed E-state index contributed by atoms with van der Waals surface area (Å²) in [6.45, 7) is 0. The van der Waals surface area contributed by atoms with Crippen molar-refractivity contribution in [1.82, 2.24) is 10.4 Å². The summed E-state index contributed by atoms with van der Waals surface area (Å²) in [7, 11) is 0. The van der Waals surface area contributed by atoms with Gasteiger partial charge in [0.25, 0.3) is 5.91 Å². The normalized spacial score (nSPS) is 20.3. The number of nitrogens with zero attached hydrogens (tertiary/aromatic N) is 3. The second kappa shape index (κ2) is 6.98. The Kier molecular flexibility index (Phi) is 4.33. The average molecular weight is 438 g/mol. The monoisotopic (exact) mass is 438 g/mol.